The fourth-order valence-electron chi connectivity index (χ4n) is 1.65. The van der Waals surface area contributed by atoms with Gasteiger partial charge in [0, 0.05) is 5.56 Å². The number of carbonyl (C=O) groups excluding carboxylic acids is 1. The highest BCUT2D eigenvalue weighted by Gasteiger charge is 2.22. The summed E-state index contributed by atoms with van der Waals surface area (Å²) < 4.78 is 5.02. The van der Waals surface area contributed by atoms with Crippen LogP contribution in [0.1, 0.15) is 21.5 Å². The summed E-state index contributed by atoms with van der Waals surface area (Å²) in [4.78, 5) is 11.6. The van der Waals surface area contributed by atoms with Gasteiger partial charge in [-0.05, 0) is 19.4 Å². The number of benzene rings is 1. The number of Topliss-reactive ketones (excluding diaryl/α,β-unsaturated/α-hetero) is 1. The molecule has 4 nitrogen and oxygen atoms in total. The molecule has 0 heterocycles. The number of nitrogens with two attached hydrogens (primary N) is 1. The van der Waals surface area contributed by atoms with Crippen LogP contribution in [0, 0.1) is 13.8 Å². The molecule has 0 unspecified atom stereocenters. The predicted molar refractivity (Wildman–Crippen MR) is 62.5 cm³/mol. The summed E-state index contributed by atoms with van der Waals surface area (Å²) in [5.74, 6) is -0.347. The Morgan fingerprint density at radius 1 is 1.44 bits per heavy atom. The maximum absolute atomic E-state index is 11.6. The lowest BCUT2D eigenvalue weighted by Gasteiger charge is -2.15. The Morgan fingerprint density at radius 2 is 2.00 bits per heavy atom. The molecule has 0 fully saturated rings. The molecular weight excluding hydrogens is 230 g/mol. The Hall–Kier alpha value is -1.26. The zero-order chi connectivity index (χ0) is 12.5. The van der Waals surface area contributed by atoms with Crippen molar-refractivity contribution in [1.82, 2.24) is 0 Å². The van der Waals surface area contributed by atoms with Crippen LogP contribution in [0.2, 0.25) is 5.02 Å². The van der Waals surface area contributed by atoms with Crippen molar-refractivity contribution >= 4 is 17.4 Å². The fraction of sp³-hybridized carbons (Fsp3) is 0.364. The van der Waals surface area contributed by atoms with Crippen molar-refractivity contribution in [2.24, 2.45) is 5.73 Å². The summed E-state index contributed by atoms with van der Waals surface area (Å²) in [7, 11) is 1.41. The molecule has 16 heavy (non-hydrogen) atoms. The van der Waals surface area contributed by atoms with Gasteiger partial charge in [-0.25, -0.2) is 0 Å². The van der Waals surface area contributed by atoms with Crippen LogP contribution in [0.4, 0.5) is 0 Å². The summed E-state index contributed by atoms with van der Waals surface area (Å²) in [5.41, 5.74) is 6.54. The number of hydrogen-bond donors (Lipinski definition) is 2. The minimum absolute atomic E-state index is 0.134. The predicted octanol–water partition coefficient (Wildman–Crippen LogP) is 1.81. The lowest BCUT2D eigenvalue weighted by molar-refractivity contribution is 0.0997. The highest BCUT2D eigenvalue weighted by Crippen LogP contribution is 2.40. The molecule has 1 aromatic rings. The molecule has 0 saturated carbocycles. The molecule has 0 atom stereocenters. The van der Waals surface area contributed by atoms with E-state index < -0.39 is 0 Å². The van der Waals surface area contributed by atoms with Crippen LogP contribution in [0.5, 0.6) is 11.5 Å². The smallest absolute Gasteiger partial charge is 0.180 e. The zero-order valence-electron chi connectivity index (χ0n) is 9.43. The number of hydrogen-bond acceptors (Lipinski definition) is 4. The first-order valence-electron chi connectivity index (χ1n) is 4.74. The molecule has 1 rings (SSSR count). The SMILES string of the molecule is COc1c(C)c(Cl)c(C)c(C(=O)CN)c1O. The number of phenolic OH excluding ortho intramolecular Hbond substituents is 1. The molecule has 0 amide bonds. The molecule has 1 aromatic carbocycles. The van der Waals surface area contributed by atoms with Gasteiger partial charge in [0.2, 0.25) is 0 Å². The molecule has 88 valence electrons. The average Bonchev–Trinajstić information content (AvgIpc) is 2.27. The largest absolute Gasteiger partial charge is 0.504 e. The minimum Gasteiger partial charge on any atom is -0.504 e. The molecular formula is C11H14ClNO3. The minimum atomic E-state index is -0.366. The lowest BCUT2D eigenvalue weighted by atomic mass is 9.99. The van der Waals surface area contributed by atoms with Crippen molar-refractivity contribution in [2.45, 2.75) is 13.8 Å². The van der Waals surface area contributed by atoms with Crippen molar-refractivity contribution in [3.8, 4) is 11.5 Å². The summed E-state index contributed by atoms with van der Waals surface area (Å²) in [5, 5.41) is 10.3. The van der Waals surface area contributed by atoms with E-state index in [1.54, 1.807) is 13.8 Å². The molecule has 5 heteroatoms. The van der Waals surface area contributed by atoms with Gasteiger partial charge in [0.15, 0.2) is 17.3 Å². The summed E-state index contributed by atoms with van der Waals surface area (Å²) in [6.45, 7) is 3.19. The standard InChI is InChI=1S/C11H14ClNO3/c1-5-8(7(14)4-13)10(15)11(16-3)6(2)9(5)12/h15H,4,13H2,1-3H3. The number of carbonyl (C=O) groups is 1. The molecule has 3 N–H and O–H groups in total. The van der Waals surface area contributed by atoms with E-state index in [-0.39, 0.29) is 29.4 Å². The topological polar surface area (TPSA) is 72.5 Å². The number of rotatable bonds is 3. The first-order valence-corrected chi connectivity index (χ1v) is 5.12. The van der Waals surface area contributed by atoms with Crippen LogP contribution >= 0.6 is 11.6 Å². The Morgan fingerprint density at radius 3 is 2.44 bits per heavy atom. The third kappa shape index (κ3) is 1.86. The van der Waals surface area contributed by atoms with Crippen molar-refractivity contribution in [3.05, 3.63) is 21.7 Å². The Labute approximate surface area is 99.0 Å². The van der Waals surface area contributed by atoms with Gasteiger partial charge in [0.25, 0.3) is 0 Å². The van der Waals surface area contributed by atoms with E-state index >= 15 is 0 Å². The van der Waals surface area contributed by atoms with E-state index in [0.29, 0.717) is 16.1 Å². The molecule has 0 aliphatic rings. The summed E-state index contributed by atoms with van der Waals surface area (Å²) >= 11 is 6.06. The van der Waals surface area contributed by atoms with Crippen LogP contribution in [0.15, 0.2) is 0 Å². The molecule has 0 bridgehead atoms. The van der Waals surface area contributed by atoms with Gasteiger partial charge in [-0.15, -0.1) is 0 Å². The van der Waals surface area contributed by atoms with Crippen LogP contribution in [-0.2, 0) is 0 Å². The van der Waals surface area contributed by atoms with Crippen molar-refractivity contribution < 1.29 is 14.6 Å². The molecule has 0 aliphatic carbocycles. The second-order valence-corrected chi connectivity index (χ2v) is 3.83. The molecule has 0 spiro atoms. The monoisotopic (exact) mass is 243 g/mol. The average molecular weight is 244 g/mol. The van der Waals surface area contributed by atoms with E-state index in [0.717, 1.165) is 0 Å². The van der Waals surface area contributed by atoms with E-state index in [9.17, 15) is 9.90 Å². The zero-order valence-corrected chi connectivity index (χ0v) is 10.2. The normalized spacial score (nSPS) is 10.3. The number of ketones is 1. The van der Waals surface area contributed by atoms with Gasteiger partial charge >= 0.3 is 0 Å². The molecule has 0 radical (unpaired) electrons. The molecule has 0 saturated heterocycles. The third-order valence-corrected chi connectivity index (χ3v) is 3.06. The molecule has 0 aliphatic heterocycles. The lowest BCUT2D eigenvalue weighted by Crippen LogP contribution is -2.16. The van der Waals surface area contributed by atoms with Crippen LogP contribution in [-0.4, -0.2) is 24.5 Å². The van der Waals surface area contributed by atoms with Crippen LogP contribution in [0.3, 0.4) is 0 Å². The second-order valence-electron chi connectivity index (χ2n) is 3.45. The second kappa shape index (κ2) is 4.72. The summed E-state index contributed by atoms with van der Waals surface area (Å²) in [6.07, 6.45) is 0. The van der Waals surface area contributed by atoms with Crippen molar-refractivity contribution in [3.63, 3.8) is 0 Å². The van der Waals surface area contributed by atoms with E-state index in [1.807, 2.05) is 0 Å². The molecule has 0 aromatic heterocycles. The Bertz CT molecular complexity index is 444. The summed E-state index contributed by atoms with van der Waals surface area (Å²) in [6, 6.07) is 0. The maximum atomic E-state index is 11.6. The number of halogens is 1. The number of methoxy groups -OCH3 is 1. The van der Waals surface area contributed by atoms with Gasteiger partial charge in [0.1, 0.15) is 0 Å². The first kappa shape index (κ1) is 12.8. The van der Waals surface area contributed by atoms with E-state index in [2.05, 4.69) is 0 Å². The van der Waals surface area contributed by atoms with Gasteiger partial charge < -0.3 is 15.6 Å². The highest BCUT2D eigenvalue weighted by atomic mass is 35.5. The number of aromatic hydroxyl groups is 1. The van der Waals surface area contributed by atoms with E-state index in [4.69, 9.17) is 22.1 Å². The highest BCUT2D eigenvalue weighted by molar-refractivity contribution is 6.33. The van der Waals surface area contributed by atoms with Gasteiger partial charge in [-0.3, -0.25) is 4.79 Å². The van der Waals surface area contributed by atoms with E-state index in [1.165, 1.54) is 7.11 Å². The van der Waals surface area contributed by atoms with Crippen LogP contribution in [0.25, 0.3) is 0 Å². The third-order valence-electron chi connectivity index (χ3n) is 2.49. The number of phenols is 1. The quantitative estimate of drug-likeness (QED) is 0.795. The van der Waals surface area contributed by atoms with Crippen molar-refractivity contribution in [1.29, 1.82) is 0 Å². The fourth-order valence-corrected chi connectivity index (χ4v) is 1.83. The number of ether oxygens (including phenoxy) is 1. The maximum Gasteiger partial charge on any atom is 0.180 e. The van der Waals surface area contributed by atoms with Crippen molar-refractivity contribution in [2.75, 3.05) is 13.7 Å². The Balaban J connectivity index is 3.62. The Kier molecular flexibility index (Phi) is 3.78. The van der Waals surface area contributed by atoms with Crippen LogP contribution < -0.4 is 10.5 Å². The first-order chi connectivity index (χ1) is 7.45. The van der Waals surface area contributed by atoms with Gasteiger partial charge in [-0.1, -0.05) is 11.6 Å². The van der Waals surface area contributed by atoms with Gasteiger partial charge in [-0.2, -0.15) is 0 Å². The van der Waals surface area contributed by atoms with Gasteiger partial charge in [0.05, 0.1) is 24.2 Å².